The number of ether oxygens (including phenoxy) is 1. The number of rotatable bonds is 4. The molecule has 0 fully saturated rings. The predicted octanol–water partition coefficient (Wildman–Crippen LogP) is 1.06. The number of fused-ring (bicyclic) bond motifs is 1. The van der Waals surface area contributed by atoms with Crippen molar-refractivity contribution >= 4 is 11.6 Å². The number of hydrogen-bond acceptors (Lipinski definition) is 4. The topological polar surface area (TPSA) is 70.0 Å². The molecule has 1 heterocycles. The molecule has 0 aliphatic carbocycles. The second-order valence-corrected chi connectivity index (χ2v) is 5.98. The smallest absolute Gasteiger partial charge is 0.239 e. The summed E-state index contributed by atoms with van der Waals surface area (Å²) in [7, 11) is 3.23. The van der Waals surface area contributed by atoms with Gasteiger partial charge >= 0.3 is 0 Å². The molecule has 0 aromatic heterocycles. The van der Waals surface area contributed by atoms with Gasteiger partial charge in [-0.05, 0) is 44.0 Å². The van der Waals surface area contributed by atoms with Crippen LogP contribution in [0, 0.1) is 0 Å². The minimum Gasteiger partial charge on any atom is -0.497 e. The molecule has 0 bridgehead atoms. The number of anilines is 1. The highest BCUT2D eigenvalue weighted by atomic mass is 16.5. The second kappa shape index (κ2) is 4.75. The van der Waals surface area contributed by atoms with Crippen LogP contribution in [0.2, 0.25) is 0 Å². The molecule has 0 saturated heterocycles. The number of carbonyl (C=O) groups excluding carboxylic acids is 1. The fourth-order valence-electron chi connectivity index (χ4n) is 2.98. The van der Waals surface area contributed by atoms with Crippen molar-refractivity contribution < 1.29 is 19.7 Å². The van der Waals surface area contributed by atoms with Gasteiger partial charge in [-0.1, -0.05) is 0 Å². The van der Waals surface area contributed by atoms with Crippen molar-refractivity contribution in [2.45, 2.75) is 31.3 Å². The molecule has 0 saturated carbocycles. The molecule has 0 radical (unpaired) electrons. The quantitative estimate of drug-likeness (QED) is 0.864. The second-order valence-electron chi connectivity index (χ2n) is 5.98. The van der Waals surface area contributed by atoms with E-state index in [4.69, 9.17) is 4.74 Å². The van der Waals surface area contributed by atoms with E-state index < -0.39 is 11.0 Å². The van der Waals surface area contributed by atoms with Crippen molar-refractivity contribution in [1.82, 2.24) is 0 Å². The molecule has 1 aliphatic heterocycles. The number of amides is 1. The molecule has 5 nitrogen and oxygen atoms in total. The van der Waals surface area contributed by atoms with Crippen molar-refractivity contribution in [2.24, 2.45) is 0 Å². The Morgan fingerprint density at radius 3 is 2.55 bits per heavy atom. The third kappa shape index (κ3) is 2.17. The van der Waals surface area contributed by atoms with Crippen LogP contribution in [0.3, 0.4) is 0 Å². The zero-order valence-electron chi connectivity index (χ0n) is 12.3. The molecule has 0 spiro atoms. The molecule has 5 heteroatoms. The normalized spacial score (nSPS) is 22.1. The number of aliphatic hydroxyl groups excluding tert-OH is 1. The van der Waals surface area contributed by atoms with Gasteiger partial charge in [-0.15, -0.1) is 0 Å². The van der Waals surface area contributed by atoms with Gasteiger partial charge < -0.3 is 19.8 Å². The van der Waals surface area contributed by atoms with Gasteiger partial charge in [-0.25, -0.2) is 0 Å². The fraction of sp³-hybridized carbons (Fsp3) is 0.533. The molecule has 2 N–H and O–H groups in total. The Hall–Kier alpha value is -1.59. The molecule has 1 atom stereocenters. The lowest BCUT2D eigenvalue weighted by atomic mass is 9.74. The lowest BCUT2D eigenvalue weighted by Gasteiger charge is -2.32. The maximum atomic E-state index is 12.6. The Bertz CT molecular complexity index is 535. The first kappa shape index (κ1) is 14.8. The summed E-state index contributed by atoms with van der Waals surface area (Å²) in [6, 6.07) is 5.34. The minimum atomic E-state index is -1.11. The highest BCUT2D eigenvalue weighted by molar-refractivity contribution is 6.08. The zero-order valence-corrected chi connectivity index (χ0v) is 12.3. The van der Waals surface area contributed by atoms with Crippen LogP contribution in [0.4, 0.5) is 5.69 Å². The maximum absolute atomic E-state index is 12.6. The van der Waals surface area contributed by atoms with Crippen LogP contribution in [-0.4, -0.2) is 42.5 Å². The summed E-state index contributed by atoms with van der Waals surface area (Å²) in [5.41, 5.74) is -0.732. The summed E-state index contributed by atoms with van der Waals surface area (Å²) in [6.45, 7) is 2.92. The van der Waals surface area contributed by atoms with E-state index in [1.54, 1.807) is 46.2 Å². The Morgan fingerprint density at radius 2 is 2.05 bits per heavy atom. The number of nitrogens with zero attached hydrogens (tertiary/aromatic N) is 1. The van der Waals surface area contributed by atoms with E-state index in [1.807, 2.05) is 0 Å². The van der Waals surface area contributed by atoms with E-state index in [1.165, 1.54) is 4.90 Å². The molecule has 0 unspecified atom stereocenters. The first-order valence-electron chi connectivity index (χ1n) is 6.55. The third-order valence-corrected chi connectivity index (χ3v) is 3.80. The third-order valence-electron chi connectivity index (χ3n) is 3.80. The van der Waals surface area contributed by atoms with E-state index in [2.05, 4.69) is 0 Å². The van der Waals surface area contributed by atoms with Crippen molar-refractivity contribution in [2.75, 3.05) is 25.7 Å². The molecular formula is C15H21NO4. The number of hydrogen-bond donors (Lipinski definition) is 2. The molecular weight excluding hydrogens is 258 g/mol. The number of aliphatic hydroxyl groups is 2. The molecule has 2 rings (SSSR count). The molecule has 110 valence electrons. The van der Waals surface area contributed by atoms with E-state index >= 15 is 0 Å². The average Bonchev–Trinajstić information content (AvgIpc) is 2.59. The van der Waals surface area contributed by atoms with E-state index in [0.29, 0.717) is 11.3 Å². The van der Waals surface area contributed by atoms with Crippen molar-refractivity contribution in [1.29, 1.82) is 0 Å². The Labute approximate surface area is 118 Å². The van der Waals surface area contributed by atoms with Crippen LogP contribution in [-0.2, 0) is 10.2 Å². The first-order valence-corrected chi connectivity index (χ1v) is 6.55. The Kier molecular flexibility index (Phi) is 3.52. The average molecular weight is 279 g/mol. The summed E-state index contributed by atoms with van der Waals surface area (Å²) >= 11 is 0. The first-order chi connectivity index (χ1) is 9.25. The zero-order chi connectivity index (χ0) is 15.1. The van der Waals surface area contributed by atoms with Gasteiger partial charge in [-0.3, -0.25) is 4.79 Å². The molecule has 1 aliphatic rings. The standard InChI is InChI=1S/C15H21NO4/c1-14(2,19)8-15(9-17)11-7-10(20-4)5-6-12(11)16(3)13(15)18/h5-7,17,19H,8-9H2,1-4H3/t15-/m1/s1. The van der Waals surface area contributed by atoms with E-state index in [9.17, 15) is 15.0 Å². The molecule has 1 aromatic carbocycles. The highest BCUT2D eigenvalue weighted by Gasteiger charge is 2.51. The van der Waals surface area contributed by atoms with Crippen molar-refractivity contribution in [3.05, 3.63) is 23.8 Å². The van der Waals surface area contributed by atoms with Gasteiger partial charge in [0, 0.05) is 12.7 Å². The lowest BCUT2D eigenvalue weighted by Crippen LogP contribution is -2.46. The Morgan fingerprint density at radius 1 is 1.40 bits per heavy atom. The number of benzene rings is 1. The molecule has 1 aromatic rings. The van der Waals surface area contributed by atoms with Crippen LogP contribution < -0.4 is 9.64 Å². The predicted molar refractivity (Wildman–Crippen MR) is 76.1 cm³/mol. The van der Waals surface area contributed by atoms with Crippen LogP contribution in [0.1, 0.15) is 25.8 Å². The van der Waals surface area contributed by atoms with Gasteiger partial charge in [0.2, 0.25) is 5.91 Å². The fourth-order valence-corrected chi connectivity index (χ4v) is 2.98. The van der Waals surface area contributed by atoms with Gasteiger partial charge in [0.25, 0.3) is 0 Å². The monoisotopic (exact) mass is 279 g/mol. The summed E-state index contributed by atoms with van der Waals surface area (Å²) in [6.07, 6.45) is 0.153. The number of likely N-dealkylation sites (N-methyl/N-ethyl adjacent to an activating group) is 1. The number of carbonyl (C=O) groups is 1. The van der Waals surface area contributed by atoms with E-state index in [-0.39, 0.29) is 18.9 Å². The van der Waals surface area contributed by atoms with Crippen LogP contribution in [0.5, 0.6) is 5.75 Å². The molecule has 1 amide bonds. The largest absolute Gasteiger partial charge is 0.497 e. The summed E-state index contributed by atoms with van der Waals surface area (Å²) in [5.74, 6) is 0.422. The SMILES string of the molecule is COc1ccc2c(c1)[C@](CO)(CC(C)(C)O)C(=O)N2C. The molecule has 20 heavy (non-hydrogen) atoms. The van der Waals surface area contributed by atoms with Crippen molar-refractivity contribution in [3.63, 3.8) is 0 Å². The minimum absolute atomic E-state index is 0.153. The summed E-state index contributed by atoms with van der Waals surface area (Å²) in [5, 5.41) is 20.0. The van der Waals surface area contributed by atoms with Crippen molar-refractivity contribution in [3.8, 4) is 5.75 Å². The van der Waals surface area contributed by atoms with E-state index in [0.717, 1.165) is 5.69 Å². The highest BCUT2D eigenvalue weighted by Crippen LogP contribution is 2.46. The van der Waals surface area contributed by atoms with Gasteiger partial charge in [0.1, 0.15) is 11.2 Å². The maximum Gasteiger partial charge on any atom is 0.239 e. The lowest BCUT2D eigenvalue weighted by molar-refractivity contribution is -0.127. The van der Waals surface area contributed by atoms with Crippen LogP contribution >= 0.6 is 0 Å². The number of methoxy groups -OCH3 is 1. The summed E-state index contributed by atoms with van der Waals surface area (Å²) in [4.78, 5) is 14.1. The van der Waals surface area contributed by atoms with Crippen LogP contribution in [0.25, 0.3) is 0 Å². The van der Waals surface area contributed by atoms with Gasteiger partial charge in [0.15, 0.2) is 0 Å². The van der Waals surface area contributed by atoms with Gasteiger partial charge in [-0.2, -0.15) is 0 Å². The summed E-state index contributed by atoms with van der Waals surface area (Å²) < 4.78 is 5.20. The Balaban J connectivity index is 2.62. The van der Waals surface area contributed by atoms with Crippen LogP contribution in [0.15, 0.2) is 18.2 Å². The van der Waals surface area contributed by atoms with Gasteiger partial charge in [0.05, 0.1) is 19.3 Å².